The lowest BCUT2D eigenvalue weighted by Crippen LogP contribution is -2.17. The smallest absolute Gasteiger partial charge is 0.406 e. The average Bonchev–Trinajstić information content (AvgIpc) is 2.71. The van der Waals surface area contributed by atoms with Crippen molar-refractivity contribution >= 4 is 22.5 Å². The van der Waals surface area contributed by atoms with Crippen molar-refractivity contribution in [2.24, 2.45) is 0 Å². The topological polar surface area (TPSA) is 42.1 Å². The maximum Gasteiger partial charge on any atom is 0.573 e. The van der Waals surface area contributed by atoms with Gasteiger partial charge in [-0.1, -0.05) is 41.9 Å². The molecule has 3 nitrogen and oxygen atoms in total. The number of rotatable bonds is 4. The van der Waals surface area contributed by atoms with Gasteiger partial charge in [-0.2, -0.15) is 0 Å². The molecule has 0 spiro atoms. The number of hydrogen-bond donors (Lipinski definition) is 1. The number of H-pyrrole nitrogens is 1. The van der Waals surface area contributed by atoms with E-state index < -0.39 is 6.36 Å². The van der Waals surface area contributed by atoms with Gasteiger partial charge < -0.3 is 9.72 Å². The van der Waals surface area contributed by atoms with E-state index in [9.17, 15) is 18.0 Å². The summed E-state index contributed by atoms with van der Waals surface area (Å²) < 4.78 is 40.9. The van der Waals surface area contributed by atoms with Crippen molar-refractivity contribution in [1.82, 2.24) is 4.98 Å². The van der Waals surface area contributed by atoms with Crippen LogP contribution in [0.15, 0.2) is 71.5 Å². The molecular weight excluding hydrogens is 427 g/mol. The summed E-state index contributed by atoms with van der Waals surface area (Å²) in [6.45, 7) is 1.77. The summed E-state index contributed by atoms with van der Waals surface area (Å²) in [4.78, 5) is 16.1. The maximum absolute atomic E-state index is 12.8. The highest BCUT2D eigenvalue weighted by atomic mass is 35.5. The second-order valence-corrected chi connectivity index (χ2v) is 7.65. The Kier molecular flexibility index (Phi) is 5.50. The number of fused-ring (bicyclic) bond motifs is 1. The fraction of sp³-hybridized carbons (Fsp3) is 0.125. The molecule has 1 heterocycles. The molecule has 0 unspecified atom stereocenters. The lowest BCUT2D eigenvalue weighted by molar-refractivity contribution is -0.274. The monoisotopic (exact) mass is 443 g/mol. The molecular formula is C24H17ClF3NO2. The largest absolute Gasteiger partial charge is 0.573 e. The quantitative estimate of drug-likeness (QED) is 0.384. The Bertz CT molecular complexity index is 1310. The molecule has 1 N–H and O–H groups in total. The van der Waals surface area contributed by atoms with Crippen molar-refractivity contribution in [1.29, 1.82) is 0 Å². The van der Waals surface area contributed by atoms with Crippen LogP contribution in [0.2, 0.25) is 5.02 Å². The standard InChI is InChI=1S/C24H17ClF3NO2/c1-14-22(29-21-13-18(25)7-10-20(21)23(14)30)17-4-2-3-16(12-17)11-15-5-8-19(9-6-15)31-24(26,27)28/h2-10,12-13H,11H2,1H3,(H,29,30). The van der Waals surface area contributed by atoms with Crippen LogP contribution in [0.3, 0.4) is 0 Å². The third-order valence-corrected chi connectivity index (χ3v) is 5.22. The number of aromatic nitrogens is 1. The number of benzene rings is 3. The van der Waals surface area contributed by atoms with Crippen molar-refractivity contribution in [3.8, 4) is 17.0 Å². The van der Waals surface area contributed by atoms with Crippen molar-refractivity contribution in [3.05, 3.63) is 98.7 Å². The number of nitrogens with one attached hydrogen (secondary N) is 1. The number of alkyl halides is 3. The fourth-order valence-electron chi connectivity index (χ4n) is 3.53. The van der Waals surface area contributed by atoms with Gasteiger partial charge in [-0.3, -0.25) is 4.79 Å². The van der Waals surface area contributed by atoms with E-state index in [0.717, 1.165) is 16.7 Å². The van der Waals surface area contributed by atoms with Gasteiger partial charge >= 0.3 is 6.36 Å². The lowest BCUT2D eigenvalue weighted by Gasteiger charge is -2.11. The van der Waals surface area contributed by atoms with Crippen LogP contribution in [-0.4, -0.2) is 11.3 Å². The number of aromatic amines is 1. The highest BCUT2D eigenvalue weighted by Gasteiger charge is 2.30. The number of halogens is 4. The maximum atomic E-state index is 12.8. The Morgan fingerprint density at radius 3 is 2.42 bits per heavy atom. The highest BCUT2D eigenvalue weighted by Crippen LogP contribution is 2.26. The van der Waals surface area contributed by atoms with Gasteiger partial charge in [-0.05, 0) is 66.4 Å². The minimum absolute atomic E-state index is 0.0638. The fourth-order valence-corrected chi connectivity index (χ4v) is 3.70. The van der Waals surface area contributed by atoms with Gasteiger partial charge in [0.05, 0.1) is 11.2 Å². The van der Waals surface area contributed by atoms with E-state index in [-0.39, 0.29) is 11.2 Å². The van der Waals surface area contributed by atoms with Crippen LogP contribution in [0.4, 0.5) is 13.2 Å². The predicted octanol–water partition coefficient (Wildman–Crippen LogP) is 6.65. The first kappa shape index (κ1) is 21.0. The van der Waals surface area contributed by atoms with Crippen molar-refractivity contribution in [2.75, 3.05) is 0 Å². The molecule has 4 rings (SSSR count). The Morgan fingerprint density at radius 2 is 1.71 bits per heavy atom. The molecule has 0 radical (unpaired) electrons. The van der Waals surface area contributed by atoms with Gasteiger partial charge in [0.2, 0.25) is 0 Å². The number of ether oxygens (including phenoxy) is 1. The SMILES string of the molecule is Cc1c(-c2cccc(Cc3ccc(OC(F)(F)F)cc3)c2)[nH]c2cc(Cl)ccc2c1=O. The molecule has 0 aliphatic heterocycles. The van der Waals surface area contributed by atoms with E-state index in [1.807, 2.05) is 24.3 Å². The van der Waals surface area contributed by atoms with E-state index in [4.69, 9.17) is 11.6 Å². The molecule has 4 aromatic rings. The second kappa shape index (κ2) is 8.12. The molecule has 0 saturated carbocycles. The highest BCUT2D eigenvalue weighted by molar-refractivity contribution is 6.31. The zero-order valence-electron chi connectivity index (χ0n) is 16.4. The minimum atomic E-state index is -4.71. The Hall–Kier alpha value is -3.25. The number of pyridine rings is 1. The molecule has 0 fully saturated rings. The van der Waals surface area contributed by atoms with Crippen LogP contribution in [0.25, 0.3) is 22.2 Å². The third kappa shape index (κ3) is 4.75. The predicted molar refractivity (Wildman–Crippen MR) is 116 cm³/mol. The average molecular weight is 444 g/mol. The summed E-state index contributed by atoms with van der Waals surface area (Å²) >= 11 is 6.08. The summed E-state index contributed by atoms with van der Waals surface area (Å²) in [6.07, 6.45) is -4.20. The van der Waals surface area contributed by atoms with Gasteiger partial charge in [0.1, 0.15) is 5.75 Å². The third-order valence-electron chi connectivity index (χ3n) is 4.98. The molecule has 0 bridgehead atoms. The molecule has 0 saturated heterocycles. The first-order valence-electron chi connectivity index (χ1n) is 9.46. The summed E-state index contributed by atoms with van der Waals surface area (Å²) in [7, 11) is 0. The molecule has 31 heavy (non-hydrogen) atoms. The zero-order valence-corrected chi connectivity index (χ0v) is 17.1. The van der Waals surface area contributed by atoms with Crippen LogP contribution in [0.1, 0.15) is 16.7 Å². The Labute approximate surface area is 181 Å². The summed E-state index contributed by atoms with van der Waals surface area (Å²) in [5, 5.41) is 1.10. The van der Waals surface area contributed by atoms with Gasteiger partial charge in [0.25, 0.3) is 0 Å². The zero-order chi connectivity index (χ0) is 22.2. The van der Waals surface area contributed by atoms with E-state index in [0.29, 0.717) is 33.6 Å². The summed E-state index contributed by atoms with van der Waals surface area (Å²) in [5.74, 6) is -0.256. The van der Waals surface area contributed by atoms with E-state index >= 15 is 0 Å². The molecule has 3 aromatic carbocycles. The van der Waals surface area contributed by atoms with Crippen LogP contribution >= 0.6 is 11.6 Å². The van der Waals surface area contributed by atoms with Crippen LogP contribution in [0, 0.1) is 6.92 Å². The molecule has 0 atom stereocenters. The molecule has 1 aromatic heterocycles. The minimum Gasteiger partial charge on any atom is -0.406 e. The molecule has 0 amide bonds. The van der Waals surface area contributed by atoms with E-state index in [1.165, 1.54) is 12.1 Å². The second-order valence-electron chi connectivity index (χ2n) is 7.21. The van der Waals surface area contributed by atoms with Gasteiger partial charge in [-0.15, -0.1) is 13.2 Å². The summed E-state index contributed by atoms with van der Waals surface area (Å²) in [6, 6.07) is 18.5. The Morgan fingerprint density at radius 1 is 0.968 bits per heavy atom. The molecule has 7 heteroatoms. The first-order valence-corrected chi connectivity index (χ1v) is 9.83. The molecule has 0 aliphatic carbocycles. The first-order chi connectivity index (χ1) is 14.7. The normalized spacial score (nSPS) is 11.6. The lowest BCUT2D eigenvalue weighted by atomic mass is 9.99. The van der Waals surface area contributed by atoms with Crippen LogP contribution < -0.4 is 10.2 Å². The molecule has 158 valence electrons. The van der Waals surface area contributed by atoms with Gasteiger partial charge in [-0.25, -0.2) is 0 Å². The van der Waals surface area contributed by atoms with Crippen molar-refractivity contribution in [3.63, 3.8) is 0 Å². The van der Waals surface area contributed by atoms with Gasteiger partial charge in [0.15, 0.2) is 5.43 Å². The molecule has 0 aliphatic rings. The van der Waals surface area contributed by atoms with Crippen molar-refractivity contribution in [2.45, 2.75) is 19.7 Å². The van der Waals surface area contributed by atoms with Crippen LogP contribution in [0.5, 0.6) is 5.75 Å². The van der Waals surface area contributed by atoms with Crippen LogP contribution in [-0.2, 0) is 6.42 Å². The van der Waals surface area contributed by atoms with E-state index in [1.54, 1.807) is 37.3 Å². The van der Waals surface area contributed by atoms with E-state index in [2.05, 4.69) is 9.72 Å². The Balaban J connectivity index is 1.65. The van der Waals surface area contributed by atoms with Crippen molar-refractivity contribution < 1.29 is 17.9 Å². The summed E-state index contributed by atoms with van der Waals surface area (Å²) in [5.41, 5.74) is 4.52. The number of hydrogen-bond acceptors (Lipinski definition) is 2. The van der Waals surface area contributed by atoms with Gasteiger partial charge in [0, 0.05) is 16.0 Å².